The zero-order valence-corrected chi connectivity index (χ0v) is 16.7. The Morgan fingerprint density at radius 3 is 2.57 bits per heavy atom. The molecule has 1 aromatic heterocycles. The van der Waals surface area contributed by atoms with Gasteiger partial charge >= 0.3 is 12.0 Å². The normalized spacial score (nSPS) is 15.1. The third-order valence-corrected chi connectivity index (χ3v) is 5.07. The van der Waals surface area contributed by atoms with Crippen LogP contribution in [0.15, 0.2) is 60.4 Å². The Balaban J connectivity index is 1.68. The maximum Gasteiger partial charge on any atom is 0.329 e. The van der Waals surface area contributed by atoms with E-state index in [0.717, 1.165) is 26.9 Å². The van der Waals surface area contributed by atoms with E-state index in [9.17, 15) is 14.4 Å². The van der Waals surface area contributed by atoms with Crippen LogP contribution in [-0.2, 0) is 20.9 Å². The number of methoxy groups -OCH3 is 1. The number of imide groups is 1. The number of urea groups is 1. The second-order valence-electron chi connectivity index (χ2n) is 7.17. The Morgan fingerprint density at radius 1 is 1.10 bits per heavy atom. The number of fused-ring (bicyclic) bond motifs is 1. The lowest BCUT2D eigenvalue weighted by Crippen LogP contribution is -2.36. The highest BCUT2D eigenvalue weighted by molar-refractivity contribution is 6.15. The highest BCUT2D eigenvalue weighted by Crippen LogP contribution is 2.25. The number of benzene rings is 2. The van der Waals surface area contributed by atoms with E-state index in [1.165, 1.54) is 12.7 Å². The largest absolute Gasteiger partial charge is 0.468 e. The molecule has 0 aliphatic carbocycles. The second-order valence-corrected chi connectivity index (χ2v) is 7.17. The number of aromatic nitrogens is 1. The van der Waals surface area contributed by atoms with Gasteiger partial charge in [0, 0.05) is 29.2 Å². The Bertz CT molecular complexity index is 1170. The Labute approximate surface area is 173 Å². The van der Waals surface area contributed by atoms with Gasteiger partial charge in [-0.3, -0.25) is 9.59 Å². The van der Waals surface area contributed by atoms with Crippen molar-refractivity contribution in [3.63, 3.8) is 0 Å². The fraction of sp³-hybridized carbons (Fsp3) is 0.174. The summed E-state index contributed by atoms with van der Waals surface area (Å²) in [7, 11) is 1.21. The Morgan fingerprint density at radius 2 is 1.83 bits per heavy atom. The summed E-state index contributed by atoms with van der Waals surface area (Å²) < 4.78 is 6.66. The SMILES string of the molecule is COC(=O)CN1C(=O)N/C(=C/c2cn(Cc3ccc(C)cc3)c3ccccc23)C1=O. The van der Waals surface area contributed by atoms with E-state index in [0.29, 0.717) is 6.54 Å². The summed E-state index contributed by atoms with van der Waals surface area (Å²) >= 11 is 0. The molecule has 3 amide bonds. The van der Waals surface area contributed by atoms with Crippen molar-refractivity contribution < 1.29 is 19.1 Å². The van der Waals surface area contributed by atoms with Crippen molar-refractivity contribution in [3.8, 4) is 0 Å². The number of nitrogens with one attached hydrogen (secondary N) is 1. The number of hydrogen-bond donors (Lipinski definition) is 1. The van der Waals surface area contributed by atoms with Crippen LogP contribution < -0.4 is 5.32 Å². The summed E-state index contributed by atoms with van der Waals surface area (Å²) in [6.45, 7) is 2.31. The van der Waals surface area contributed by atoms with Crippen molar-refractivity contribution in [2.45, 2.75) is 13.5 Å². The molecule has 3 aromatic rings. The number of ether oxygens (including phenoxy) is 1. The molecule has 0 unspecified atom stereocenters. The molecular formula is C23H21N3O4. The zero-order chi connectivity index (χ0) is 21.3. The lowest BCUT2D eigenvalue weighted by Gasteiger charge is -2.08. The molecule has 7 heteroatoms. The third kappa shape index (κ3) is 3.69. The quantitative estimate of drug-likeness (QED) is 0.403. The topological polar surface area (TPSA) is 80.6 Å². The van der Waals surface area contributed by atoms with Gasteiger partial charge in [0.2, 0.25) is 0 Å². The van der Waals surface area contributed by atoms with Gasteiger partial charge in [0.05, 0.1) is 7.11 Å². The summed E-state index contributed by atoms with van der Waals surface area (Å²) in [6.07, 6.45) is 3.60. The molecular weight excluding hydrogens is 382 g/mol. The number of carbonyl (C=O) groups excluding carboxylic acids is 3. The molecule has 1 N–H and O–H groups in total. The van der Waals surface area contributed by atoms with Gasteiger partial charge in [0.25, 0.3) is 5.91 Å². The zero-order valence-electron chi connectivity index (χ0n) is 16.7. The van der Waals surface area contributed by atoms with Crippen LogP contribution in [0.1, 0.15) is 16.7 Å². The predicted octanol–water partition coefficient (Wildman–Crippen LogP) is 3.06. The first-order valence-electron chi connectivity index (χ1n) is 9.51. The molecule has 30 heavy (non-hydrogen) atoms. The highest BCUT2D eigenvalue weighted by Gasteiger charge is 2.35. The van der Waals surface area contributed by atoms with E-state index in [1.54, 1.807) is 6.08 Å². The number of hydrogen-bond acceptors (Lipinski definition) is 4. The average molecular weight is 403 g/mol. The van der Waals surface area contributed by atoms with Crippen LogP contribution in [0.4, 0.5) is 4.79 Å². The summed E-state index contributed by atoms with van der Waals surface area (Å²) in [5.74, 6) is -1.21. The van der Waals surface area contributed by atoms with Crippen molar-refractivity contribution >= 4 is 34.9 Å². The van der Waals surface area contributed by atoms with Crippen molar-refractivity contribution in [2.75, 3.05) is 13.7 Å². The molecule has 4 rings (SSSR count). The summed E-state index contributed by atoms with van der Waals surface area (Å²) in [6, 6.07) is 15.6. The Hall–Kier alpha value is -3.87. The van der Waals surface area contributed by atoms with Crippen LogP contribution in [0.5, 0.6) is 0 Å². The van der Waals surface area contributed by atoms with Gasteiger partial charge in [0.1, 0.15) is 12.2 Å². The van der Waals surface area contributed by atoms with Crippen LogP contribution in [0, 0.1) is 6.92 Å². The standard InChI is InChI=1S/C23H21N3O4/c1-15-7-9-16(10-8-15)12-25-13-17(18-5-3-4-6-20(18)25)11-19-22(28)26(23(29)24-19)14-21(27)30-2/h3-11,13H,12,14H2,1-2H3,(H,24,29)/b19-11+. The van der Waals surface area contributed by atoms with Crippen molar-refractivity contribution in [3.05, 3.63) is 77.1 Å². The fourth-order valence-corrected chi connectivity index (χ4v) is 3.48. The first-order valence-corrected chi connectivity index (χ1v) is 9.51. The number of amides is 3. The first kappa shape index (κ1) is 19.4. The molecule has 0 saturated carbocycles. The minimum absolute atomic E-state index is 0.127. The van der Waals surface area contributed by atoms with Gasteiger partial charge < -0.3 is 14.6 Å². The smallest absolute Gasteiger partial charge is 0.329 e. The lowest BCUT2D eigenvalue weighted by atomic mass is 10.1. The lowest BCUT2D eigenvalue weighted by molar-refractivity contribution is -0.143. The number of nitrogens with zero attached hydrogens (tertiary/aromatic N) is 2. The van der Waals surface area contributed by atoms with E-state index in [2.05, 4.69) is 45.8 Å². The number of aryl methyl sites for hydroxylation is 1. The van der Waals surface area contributed by atoms with E-state index in [1.807, 2.05) is 30.5 Å². The molecule has 1 aliphatic heterocycles. The molecule has 0 radical (unpaired) electrons. The van der Waals surface area contributed by atoms with Gasteiger partial charge in [0.15, 0.2) is 0 Å². The summed E-state index contributed by atoms with van der Waals surface area (Å²) in [5, 5.41) is 3.51. The molecule has 152 valence electrons. The molecule has 2 heterocycles. The van der Waals surface area contributed by atoms with Crippen LogP contribution >= 0.6 is 0 Å². The van der Waals surface area contributed by atoms with Crippen molar-refractivity contribution in [1.82, 2.24) is 14.8 Å². The van der Waals surface area contributed by atoms with Gasteiger partial charge in [-0.1, -0.05) is 48.0 Å². The minimum Gasteiger partial charge on any atom is -0.468 e. The van der Waals surface area contributed by atoms with E-state index in [-0.39, 0.29) is 5.70 Å². The van der Waals surface area contributed by atoms with Crippen LogP contribution in [-0.4, -0.2) is 41.0 Å². The van der Waals surface area contributed by atoms with Gasteiger partial charge in [-0.25, -0.2) is 9.69 Å². The number of esters is 1. The van der Waals surface area contributed by atoms with E-state index < -0.39 is 24.5 Å². The maximum atomic E-state index is 12.6. The number of carbonyl (C=O) groups is 3. The number of rotatable bonds is 5. The third-order valence-electron chi connectivity index (χ3n) is 5.07. The van der Waals surface area contributed by atoms with Gasteiger partial charge in [-0.15, -0.1) is 0 Å². The minimum atomic E-state index is -0.658. The molecule has 0 atom stereocenters. The Kier molecular flexibility index (Phi) is 5.10. The van der Waals surface area contributed by atoms with Crippen LogP contribution in [0.2, 0.25) is 0 Å². The van der Waals surface area contributed by atoms with Gasteiger partial charge in [-0.2, -0.15) is 0 Å². The van der Waals surface area contributed by atoms with Crippen molar-refractivity contribution in [1.29, 1.82) is 0 Å². The monoisotopic (exact) mass is 403 g/mol. The van der Waals surface area contributed by atoms with E-state index in [4.69, 9.17) is 0 Å². The van der Waals surface area contributed by atoms with Crippen LogP contribution in [0.25, 0.3) is 17.0 Å². The summed E-state index contributed by atoms with van der Waals surface area (Å²) in [4.78, 5) is 37.0. The molecule has 1 fully saturated rings. The molecule has 2 aromatic carbocycles. The molecule has 7 nitrogen and oxygen atoms in total. The average Bonchev–Trinajstić information content (AvgIpc) is 3.22. The highest BCUT2D eigenvalue weighted by atomic mass is 16.5. The van der Waals surface area contributed by atoms with Crippen LogP contribution in [0.3, 0.4) is 0 Å². The second kappa shape index (κ2) is 7.87. The maximum absolute atomic E-state index is 12.6. The first-order chi connectivity index (χ1) is 14.5. The van der Waals surface area contributed by atoms with Crippen molar-refractivity contribution in [2.24, 2.45) is 0 Å². The fourth-order valence-electron chi connectivity index (χ4n) is 3.48. The molecule has 1 aliphatic rings. The van der Waals surface area contributed by atoms with Gasteiger partial charge in [-0.05, 0) is 24.6 Å². The summed E-state index contributed by atoms with van der Waals surface area (Å²) in [5.41, 5.74) is 4.32. The predicted molar refractivity (Wildman–Crippen MR) is 112 cm³/mol. The molecule has 0 spiro atoms. The number of para-hydroxylation sites is 1. The molecule has 1 saturated heterocycles. The van der Waals surface area contributed by atoms with E-state index >= 15 is 0 Å². The molecule has 0 bridgehead atoms.